The second-order valence-electron chi connectivity index (χ2n) is 4.22. The van der Waals surface area contributed by atoms with Gasteiger partial charge in [0.2, 0.25) is 0 Å². The standard InChI is InChI=1S/C10H12O2.C6H5.Hg/c11-10(12)8-4-7-9-5-2-1-3-6-9;1-2-4-6-5-3-1;/h1-3,5-6H,4,7-8H2,(H,11,12);1-5H;. The van der Waals surface area contributed by atoms with Gasteiger partial charge < -0.3 is 5.11 Å². The van der Waals surface area contributed by atoms with Crippen LogP contribution >= 0.6 is 0 Å². The van der Waals surface area contributed by atoms with Crippen molar-refractivity contribution in [2.24, 2.45) is 0 Å². The van der Waals surface area contributed by atoms with Gasteiger partial charge in [0.25, 0.3) is 0 Å². The van der Waals surface area contributed by atoms with E-state index in [0.717, 1.165) is 39.0 Å². The van der Waals surface area contributed by atoms with Gasteiger partial charge >= 0.3 is 65.5 Å². The van der Waals surface area contributed by atoms with Crippen molar-refractivity contribution in [1.29, 1.82) is 0 Å². The fraction of sp³-hybridized carbons (Fsp3) is 0.188. The van der Waals surface area contributed by atoms with Crippen LogP contribution in [-0.2, 0) is 37.3 Å². The first kappa shape index (κ1) is 15.9. The Bertz CT molecular complexity index is 469. The monoisotopic (exact) mass is 443 g/mol. The molecule has 0 fully saturated rings. The second kappa shape index (κ2) is 9.73. The van der Waals surface area contributed by atoms with Gasteiger partial charge in [-0.3, -0.25) is 4.79 Å². The molecular weight excluding hydrogens is 425 g/mol. The summed E-state index contributed by atoms with van der Waals surface area (Å²) in [5.41, 5.74) is 1.21. The van der Waals surface area contributed by atoms with Gasteiger partial charge in [0.15, 0.2) is 0 Å². The fourth-order valence-electron chi connectivity index (χ4n) is 1.57. The molecule has 0 aliphatic rings. The van der Waals surface area contributed by atoms with Crippen LogP contribution in [0, 0.1) is 0 Å². The molecule has 0 atom stereocenters. The Labute approximate surface area is 130 Å². The summed E-state index contributed by atoms with van der Waals surface area (Å²) in [5.74, 6) is -0.717. The minimum atomic E-state index is -0.717. The summed E-state index contributed by atoms with van der Waals surface area (Å²) in [6.45, 7) is 0. The van der Waals surface area contributed by atoms with E-state index in [2.05, 4.69) is 30.3 Å². The van der Waals surface area contributed by atoms with E-state index < -0.39 is 5.97 Å². The van der Waals surface area contributed by atoms with Crippen LogP contribution in [0.2, 0.25) is 0 Å². The van der Waals surface area contributed by atoms with Crippen molar-refractivity contribution in [2.45, 2.75) is 19.3 Å². The van der Waals surface area contributed by atoms with E-state index in [4.69, 9.17) is 5.11 Å². The molecule has 1 N–H and O–H groups in total. The maximum absolute atomic E-state index is 10.2. The number of rotatable bonds is 4. The Balaban J connectivity index is 0.000000218. The van der Waals surface area contributed by atoms with Gasteiger partial charge in [-0.15, -0.1) is 0 Å². The summed E-state index contributed by atoms with van der Waals surface area (Å²) in [7, 11) is 0. The third-order valence-corrected chi connectivity index (χ3v) is 4.37. The molecule has 0 aliphatic heterocycles. The summed E-state index contributed by atoms with van der Waals surface area (Å²) in [6, 6.07) is 20.5. The zero-order valence-electron chi connectivity index (χ0n) is 11.0. The van der Waals surface area contributed by atoms with E-state index in [9.17, 15) is 4.79 Å². The van der Waals surface area contributed by atoms with Crippen molar-refractivity contribution in [2.75, 3.05) is 0 Å². The number of hydrogen-bond acceptors (Lipinski definition) is 1. The van der Waals surface area contributed by atoms with Crippen LogP contribution in [-0.4, -0.2) is 11.1 Å². The third kappa shape index (κ3) is 8.54. The number of aliphatic carboxylic acids is 1. The van der Waals surface area contributed by atoms with Crippen molar-refractivity contribution in [1.82, 2.24) is 0 Å². The van der Waals surface area contributed by atoms with E-state index in [1.54, 1.807) is 0 Å². The molecule has 0 spiro atoms. The molecule has 2 rings (SSSR count). The molecule has 0 unspecified atom stereocenters. The van der Waals surface area contributed by atoms with Gasteiger partial charge in [0.1, 0.15) is 0 Å². The number of carbonyl (C=O) groups is 1. The molecule has 0 heterocycles. The van der Waals surface area contributed by atoms with Gasteiger partial charge in [-0.1, -0.05) is 30.3 Å². The van der Waals surface area contributed by atoms with E-state index in [0.29, 0.717) is 0 Å². The van der Waals surface area contributed by atoms with Crippen molar-refractivity contribution in [3.63, 3.8) is 0 Å². The molecular formula is C16H17HgO2. The summed E-state index contributed by atoms with van der Waals surface area (Å²) in [5, 5.41) is 8.39. The molecule has 19 heavy (non-hydrogen) atoms. The van der Waals surface area contributed by atoms with Crippen molar-refractivity contribution in [3.8, 4) is 0 Å². The molecule has 95 valence electrons. The van der Waals surface area contributed by atoms with Gasteiger partial charge in [-0.25, -0.2) is 0 Å². The average Bonchev–Trinajstić information content (AvgIpc) is 2.41. The summed E-state index contributed by atoms with van der Waals surface area (Å²) in [6.07, 6.45) is 1.83. The molecule has 2 nitrogen and oxygen atoms in total. The van der Waals surface area contributed by atoms with Crippen LogP contribution in [0.15, 0.2) is 60.7 Å². The van der Waals surface area contributed by atoms with Crippen molar-refractivity contribution in [3.05, 3.63) is 66.2 Å². The molecule has 0 aliphatic carbocycles. The molecule has 3 heteroatoms. The normalized spacial score (nSPS) is 9.37. The number of benzene rings is 2. The van der Waals surface area contributed by atoms with Crippen LogP contribution in [0.3, 0.4) is 0 Å². The zero-order valence-corrected chi connectivity index (χ0v) is 16.5. The zero-order chi connectivity index (χ0) is 13.9. The van der Waals surface area contributed by atoms with E-state index >= 15 is 0 Å². The van der Waals surface area contributed by atoms with Gasteiger partial charge in [-0.05, 0) is 18.4 Å². The summed E-state index contributed by atoms with van der Waals surface area (Å²) in [4.78, 5) is 10.2. The van der Waals surface area contributed by atoms with Crippen molar-refractivity contribution >= 4 is 9.04 Å². The Morgan fingerprint density at radius 1 is 0.947 bits per heavy atom. The summed E-state index contributed by atoms with van der Waals surface area (Å²) < 4.78 is 1.52. The van der Waals surface area contributed by atoms with Crippen LogP contribution in [0.25, 0.3) is 0 Å². The minimum absolute atomic E-state index is 0.259. The first-order valence-corrected chi connectivity index (χ1v) is 9.06. The fourth-order valence-corrected chi connectivity index (χ4v) is 2.62. The molecule has 0 aromatic heterocycles. The third-order valence-electron chi connectivity index (χ3n) is 2.54. The van der Waals surface area contributed by atoms with Crippen LogP contribution < -0.4 is 3.07 Å². The first-order chi connectivity index (χ1) is 9.18. The molecule has 0 radical (unpaired) electrons. The molecule has 0 saturated heterocycles. The molecule has 0 bridgehead atoms. The summed E-state index contributed by atoms with van der Waals surface area (Å²) >= 11 is 0.810. The topological polar surface area (TPSA) is 37.3 Å². The van der Waals surface area contributed by atoms with Crippen LogP contribution in [0.1, 0.15) is 18.4 Å². The Hall–Kier alpha value is -1.15. The van der Waals surface area contributed by atoms with E-state index in [-0.39, 0.29) is 6.42 Å². The van der Waals surface area contributed by atoms with Gasteiger partial charge in [0.05, 0.1) is 0 Å². The van der Waals surface area contributed by atoms with Crippen molar-refractivity contribution < 1.29 is 36.0 Å². The van der Waals surface area contributed by atoms with Gasteiger partial charge in [0, 0.05) is 6.42 Å². The maximum atomic E-state index is 10.2. The predicted molar refractivity (Wildman–Crippen MR) is 73.1 cm³/mol. The predicted octanol–water partition coefficient (Wildman–Crippen LogP) is 2.95. The number of carboxylic acids is 1. The second-order valence-corrected chi connectivity index (χ2v) is 7.39. The molecule has 2 aromatic carbocycles. The van der Waals surface area contributed by atoms with Crippen LogP contribution in [0.4, 0.5) is 0 Å². The van der Waals surface area contributed by atoms with Crippen LogP contribution in [0.5, 0.6) is 0 Å². The van der Waals surface area contributed by atoms with E-state index in [1.165, 1.54) is 8.64 Å². The molecule has 0 amide bonds. The Kier molecular flexibility index (Phi) is 8.15. The molecule has 0 saturated carbocycles. The number of carboxylic acid groups (broad SMARTS) is 1. The number of aryl methyl sites for hydroxylation is 1. The first-order valence-electron chi connectivity index (χ1n) is 6.31. The average molecular weight is 442 g/mol. The quantitative estimate of drug-likeness (QED) is 0.741. The van der Waals surface area contributed by atoms with E-state index in [1.807, 2.05) is 30.3 Å². The Morgan fingerprint density at radius 2 is 1.47 bits per heavy atom. The molecule has 2 aromatic rings. The SMILES string of the molecule is O=C(O)CCCc1ccccc1.[Hg][c]1ccccc1. The number of hydrogen-bond donors (Lipinski definition) is 1. The van der Waals surface area contributed by atoms with Gasteiger partial charge in [-0.2, -0.15) is 0 Å². The Morgan fingerprint density at radius 3 is 1.89 bits per heavy atom.